The zero-order valence-electron chi connectivity index (χ0n) is 37.3. The molecule has 0 aromatic rings. The summed E-state index contributed by atoms with van der Waals surface area (Å²) >= 11 is 0. The van der Waals surface area contributed by atoms with Crippen molar-refractivity contribution in [2.45, 2.75) is 212 Å². The van der Waals surface area contributed by atoms with Crippen molar-refractivity contribution in [3.05, 3.63) is 83.3 Å². The van der Waals surface area contributed by atoms with Crippen LogP contribution in [0.1, 0.15) is 189 Å². The molecule has 2 heteroatoms. The molecule has 1 aliphatic heterocycles. The van der Waals surface area contributed by atoms with E-state index in [2.05, 4.69) is 105 Å². The minimum Gasteiger partial charge on any atom is -0.362 e. The predicted octanol–water partition coefficient (Wildman–Crippen LogP) is 15.0. The third-order valence-corrected chi connectivity index (χ3v) is 18.1. The van der Waals surface area contributed by atoms with Crippen LogP contribution < -0.4 is 0 Å². The van der Waals surface area contributed by atoms with Crippen LogP contribution in [-0.2, 0) is 0 Å². The largest absolute Gasteiger partial charge is 0.362 e. The van der Waals surface area contributed by atoms with Crippen LogP contribution in [0, 0.1) is 46.3 Å². The van der Waals surface area contributed by atoms with Gasteiger partial charge in [-0.15, -0.1) is 0 Å². The molecule has 9 aliphatic rings. The van der Waals surface area contributed by atoms with E-state index in [1.807, 2.05) is 0 Å². The molecule has 57 heavy (non-hydrogen) atoms. The number of nitrogens with zero attached hydrogens (tertiary/aromatic N) is 2. The molecule has 2 nitrogen and oxygen atoms in total. The van der Waals surface area contributed by atoms with E-state index in [0.717, 1.165) is 23.7 Å². The van der Waals surface area contributed by atoms with E-state index in [4.69, 9.17) is 0 Å². The van der Waals surface area contributed by atoms with Gasteiger partial charge in [-0.2, -0.15) is 0 Å². The van der Waals surface area contributed by atoms with Crippen molar-refractivity contribution in [3.63, 3.8) is 0 Å². The second-order valence-electron chi connectivity index (χ2n) is 22.7. The zero-order chi connectivity index (χ0) is 39.2. The predicted molar refractivity (Wildman–Crippen MR) is 243 cm³/mol. The van der Waals surface area contributed by atoms with Crippen molar-refractivity contribution in [2.24, 2.45) is 46.3 Å². The fourth-order valence-corrected chi connectivity index (χ4v) is 14.8. The summed E-state index contributed by atoms with van der Waals surface area (Å²) in [7, 11) is 0. The lowest BCUT2D eigenvalue weighted by molar-refractivity contribution is 0.0393. The van der Waals surface area contributed by atoms with Gasteiger partial charge in [0.2, 0.25) is 0 Å². The Morgan fingerprint density at radius 3 is 2.12 bits per heavy atom. The summed E-state index contributed by atoms with van der Waals surface area (Å²) < 4.78 is 0. The molecule has 1 spiro atoms. The maximum absolute atomic E-state index is 3.11. The first kappa shape index (κ1) is 40.2. The second kappa shape index (κ2) is 16.7. The van der Waals surface area contributed by atoms with E-state index in [1.165, 1.54) is 154 Å². The van der Waals surface area contributed by atoms with Crippen LogP contribution in [-0.4, -0.2) is 33.5 Å². The van der Waals surface area contributed by atoms with Crippen LogP contribution in [0.3, 0.4) is 0 Å². The molecule has 0 N–H and O–H groups in total. The average Bonchev–Trinajstić information content (AvgIpc) is 3.43. The smallest absolute Gasteiger partial charge is 0.0539 e. The van der Waals surface area contributed by atoms with Gasteiger partial charge in [0.15, 0.2) is 0 Å². The van der Waals surface area contributed by atoms with Crippen LogP contribution in [0.4, 0.5) is 0 Å². The van der Waals surface area contributed by atoms with E-state index < -0.39 is 0 Å². The lowest BCUT2D eigenvalue weighted by Crippen LogP contribution is -2.54. The number of allylic oxidation sites excluding steroid dienone is 8. The molecule has 0 radical (unpaired) electrons. The van der Waals surface area contributed by atoms with Crippen molar-refractivity contribution >= 4 is 0 Å². The second-order valence-corrected chi connectivity index (χ2v) is 22.7. The molecule has 7 atom stereocenters. The number of hydrogen-bond donors (Lipinski definition) is 0. The van der Waals surface area contributed by atoms with Gasteiger partial charge < -0.3 is 9.80 Å². The maximum Gasteiger partial charge on any atom is 0.0539 e. The molecular weight excluding hydrogens is 689 g/mol. The Morgan fingerprint density at radius 1 is 0.684 bits per heavy atom. The normalized spacial score (nSPS) is 36.0. The third kappa shape index (κ3) is 7.82. The molecule has 0 bridgehead atoms. The van der Waals surface area contributed by atoms with Gasteiger partial charge in [0.05, 0.1) is 6.04 Å². The molecule has 312 valence electrons. The molecule has 1 saturated heterocycles. The summed E-state index contributed by atoms with van der Waals surface area (Å²) in [6.07, 6.45) is 59.8. The van der Waals surface area contributed by atoms with Crippen LogP contribution in [0.15, 0.2) is 83.3 Å². The standard InChI is InChI=1S/C55H82N2/c1-53(2,3)46-30-31-52-51(38-46)55(32-16-9-17-33-55)54(4,5)57(52)50-37-45(42-24-14-8-15-25-42)36-49(39-50)56(47-28-18-26-43(34-47)40-20-10-6-11-21-40)48-29-19-27-44(35-48)41-22-12-7-13-23-41/h8,14,18-19,26,29,31,36,38-44,46-48,50H,6-7,9-13,15-17,20-25,27-28,30,32-35,37H2,1-5H3. The molecular formula is C55H82N2. The van der Waals surface area contributed by atoms with Crippen molar-refractivity contribution in [3.8, 4) is 0 Å². The molecule has 4 fully saturated rings. The fraction of sp³-hybridized carbons (Fsp3) is 0.745. The fourth-order valence-electron chi connectivity index (χ4n) is 14.8. The third-order valence-electron chi connectivity index (χ3n) is 18.1. The molecule has 0 amide bonds. The highest BCUT2D eigenvalue weighted by Gasteiger charge is 2.60. The van der Waals surface area contributed by atoms with Crippen LogP contribution in [0.25, 0.3) is 0 Å². The minimum absolute atomic E-state index is 0.0837. The number of rotatable bonds is 7. The van der Waals surface area contributed by atoms with Gasteiger partial charge in [0, 0.05) is 34.4 Å². The Labute approximate surface area is 350 Å². The summed E-state index contributed by atoms with van der Waals surface area (Å²) in [5, 5.41) is 0. The molecule has 0 aromatic carbocycles. The van der Waals surface area contributed by atoms with Crippen molar-refractivity contribution in [2.75, 3.05) is 0 Å². The van der Waals surface area contributed by atoms with E-state index in [9.17, 15) is 0 Å². The Bertz CT molecular complexity index is 1630. The molecule has 1 heterocycles. The van der Waals surface area contributed by atoms with E-state index in [1.54, 1.807) is 22.5 Å². The van der Waals surface area contributed by atoms with Crippen LogP contribution in [0.5, 0.6) is 0 Å². The Morgan fingerprint density at radius 2 is 1.40 bits per heavy atom. The Balaban J connectivity index is 1.13. The van der Waals surface area contributed by atoms with Gasteiger partial charge in [0.1, 0.15) is 0 Å². The van der Waals surface area contributed by atoms with Crippen LogP contribution in [0.2, 0.25) is 0 Å². The van der Waals surface area contributed by atoms with Gasteiger partial charge in [-0.1, -0.05) is 146 Å². The van der Waals surface area contributed by atoms with E-state index in [-0.39, 0.29) is 16.4 Å². The summed E-state index contributed by atoms with van der Waals surface area (Å²) in [4.78, 5) is 6.18. The number of fused-ring (bicyclic) bond motifs is 2. The molecule has 7 unspecified atom stereocenters. The summed E-state index contributed by atoms with van der Waals surface area (Å²) in [6, 6.07) is 1.50. The topological polar surface area (TPSA) is 6.48 Å². The quantitative estimate of drug-likeness (QED) is 0.238. The average molecular weight is 771 g/mol. The maximum atomic E-state index is 3.11. The minimum atomic E-state index is 0.0837. The van der Waals surface area contributed by atoms with Crippen LogP contribution >= 0.6 is 0 Å². The first-order chi connectivity index (χ1) is 27.6. The van der Waals surface area contributed by atoms with E-state index in [0.29, 0.717) is 30.0 Å². The lowest BCUT2D eigenvalue weighted by atomic mass is 9.59. The number of likely N-dealkylation sites (tertiary alicyclic amines) is 1. The number of hydrogen-bond acceptors (Lipinski definition) is 2. The highest BCUT2D eigenvalue weighted by molar-refractivity contribution is 5.51. The first-order valence-corrected chi connectivity index (χ1v) is 25.0. The van der Waals surface area contributed by atoms with Crippen molar-refractivity contribution in [1.82, 2.24) is 9.80 Å². The van der Waals surface area contributed by atoms with E-state index >= 15 is 0 Å². The monoisotopic (exact) mass is 771 g/mol. The van der Waals surface area contributed by atoms with Gasteiger partial charge in [-0.05, 0) is 156 Å². The molecule has 0 aromatic heterocycles. The highest BCUT2D eigenvalue weighted by atomic mass is 15.3. The summed E-state index contributed by atoms with van der Waals surface area (Å²) in [6.45, 7) is 12.8. The zero-order valence-corrected chi connectivity index (χ0v) is 37.3. The highest BCUT2D eigenvalue weighted by Crippen LogP contribution is 2.64. The van der Waals surface area contributed by atoms with Gasteiger partial charge >= 0.3 is 0 Å². The summed E-state index contributed by atoms with van der Waals surface area (Å²) in [5.74, 6) is 4.72. The molecule has 3 saturated carbocycles. The Kier molecular flexibility index (Phi) is 11.8. The SMILES string of the molecule is CC(C)(C)C1C=C2C(=CC1)N(C1C=C(N(C3C=CCC(C4CCCCC4)C3)C3CC=CC(C4CCCCC4)C3)C=C(C3CC=CCC3)C1)C(C)(C)C21CCCCC1. The lowest BCUT2D eigenvalue weighted by Gasteiger charge is -2.51. The van der Waals surface area contributed by atoms with Gasteiger partial charge in [-0.3, -0.25) is 0 Å². The Hall–Kier alpha value is -2.22. The molecule has 8 aliphatic carbocycles. The van der Waals surface area contributed by atoms with Crippen molar-refractivity contribution < 1.29 is 0 Å². The summed E-state index contributed by atoms with van der Waals surface area (Å²) in [5.41, 5.74) is 7.38. The van der Waals surface area contributed by atoms with Gasteiger partial charge in [-0.25, -0.2) is 0 Å². The molecule has 9 rings (SSSR count). The first-order valence-electron chi connectivity index (χ1n) is 25.0. The van der Waals surface area contributed by atoms with Crippen molar-refractivity contribution in [1.29, 1.82) is 0 Å². The van der Waals surface area contributed by atoms with Gasteiger partial charge in [0.25, 0.3) is 0 Å².